The first-order valence-corrected chi connectivity index (χ1v) is 7.31. The van der Waals surface area contributed by atoms with Gasteiger partial charge in [-0.1, -0.05) is 11.2 Å². The second-order valence-corrected chi connectivity index (χ2v) is 5.32. The molecule has 8 heteroatoms. The van der Waals surface area contributed by atoms with Gasteiger partial charge >= 0.3 is 5.69 Å². The van der Waals surface area contributed by atoms with Crippen LogP contribution in [0.3, 0.4) is 0 Å². The minimum absolute atomic E-state index is 0.0267. The Balaban J connectivity index is 1.74. The fourth-order valence-corrected chi connectivity index (χ4v) is 2.49. The molecule has 112 valence electrons. The fourth-order valence-electron chi connectivity index (χ4n) is 1.85. The van der Waals surface area contributed by atoms with Gasteiger partial charge in [-0.05, 0) is 30.0 Å². The Hall–Kier alpha value is -2.74. The predicted octanol–water partition coefficient (Wildman–Crippen LogP) is 3.59. The highest BCUT2D eigenvalue weighted by Gasteiger charge is 2.16. The van der Waals surface area contributed by atoms with Crippen molar-refractivity contribution in [3.05, 3.63) is 56.6 Å². The van der Waals surface area contributed by atoms with Crippen molar-refractivity contribution < 1.29 is 14.2 Å². The Labute approximate surface area is 129 Å². The molecule has 0 unspecified atom stereocenters. The van der Waals surface area contributed by atoms with E-state index < -0.39 is 4.92 Å². The van der Waals surface area contributed by atoms with Crippen LogP contribution in [0, 0.1) is 17.0 Å². The summed E-state index contributed by atoms with van der Waals surface area (Å²) < 4.78 is 10.5. The lowest BCUT2D eigenvalue weighted by molar-refractivity contribution is -0.386. The van der Waals surface area contributed by atoms with Gasteiger partial charge in [-0.3, -0.25) is 10.1 Å². The molecule has 22 heavy (non-hydrogen) atoms. The fraction of sp³-hybridized carbons (Fsp3) is 0.143. The van der Waals surface area contributed by atoms with Gasteiger partial charge in [0.1, 0.15) is 0 Å². The third-order valence-electron chi connectivity index (χ3n) is 2.91. The highest BCUT2D eigenvalue weighted by atomic mass is 32.1. The number of aryl methyl sites for hydroxylation is 1. The number of hydrogen-bond acceptors (Lipinski definition) is 7. The van der Waals surface area contributed by atoms with Gasteiger partial charge in [0, 0.05) is 17.0 Å². The molecule has 7 nitrogen and oxygen atoms in total. The van der Waals surface area contributed by atoms with E-state index in [9.17, 15) is 10.1 Å². The average Bonchev–Trinajstić information content (AvgIpc) is 3.16. The van der Waals surface area contributed by atoms with Crippen LogP contribution in [0.1, 0.15) is 11.5 Å². The van der Waals surface area contributed by atoms with E-state index in [1.807, 2.05) is 16.8 Å². The van der Waals surface area contributed by atoms with E-state index in [2.05, 4.69) is 10.1 Å². The van der Waals surface area contributed by atoms with Crippen molar-refractivity contribution in [2.75, 3.05) is 0 Å². The zero-order valence-corrected chi connectivity index (χ0v) is 12.4. The molecule has 0 saturated carbocycles. The van der Waals surface area contributed by atoms with Crippen LogP contribution in [0.2, 0.25) is 0 Å². The van der Waals surface area contributed by atoms with Crippen molar-refractivity contribution >= 4 is 17.0 Å². The first-order chi connectivity index (χ1) is 10.6. The number of aromatic nitrogens is 2. The molecule has 3 rings (SSSR count). The van der Waals surface area contributed by atoms with Crippen molar-refractivity contribution in [2.24, 2.45) is 0 Å². The largest absolute Gasteiger partial charge is 0.477 e. The van der Waals surface area contributed by atoms with Gasteiger partial charge in [0.15, 0.2) is 12.4 Å². The van der Waals surface area contributed by atoms with E-state index in [-0.39, 0.29) is 23.9 Å². The van der Waals surface area contributed by atoms with E-state index in [1.54, 1.807) is 19.1 Å². The maximum atomic E-state index is 11.0. The zero-order chi connectivity index (χ0) is 15.5. The standard InChI is InChI=1S/C14H11N3O4S/c1-9-2-3-12(11(6-9)17(18)19)20-7-13-15-14(16-21-13)10-4-5-22-8-10/h2-6,8H,7H2,1H3. The molecule has 2 aromatic heterocycles. The molecule has 1 aromatic carbocycles. The molecule has 0 bridgehead atoms. The number of nitrogens with zero attached hydrogens (tertiary/aromatic N) is 3. The van der Waals surface area contributed by atoms with E-state index in [4.69, 9.17) is 9.26 Å². The Kier molecular flexibility index (Phi) is 3.84. The van der Waals surface area contributed by atoms with Crippen molar-refractivity contribution in [1.29, 1.82) is 0 Å². The molecular formula is C14H11N3O4S. The number of thiophene rings is 1. The van der Waals surface area contributed by atoms with E-state index in [0.29, 0.717) is 5.82 Å². The lowest BCUT2D eigenvalue weighted by Gasteiger charge is -2.04. The number of nitro groups is 1. The molecule has 0 aliphatic carbocycles. The van der Waals surface area contributed by atoms with Crippen LogP contribution in [-0.4, -0.2) is 15.1 Å². The topological polar surface area (TPSA) is 91.3 Å². The van der Waals surface area contributed by atoms with Gasteiger partial charge in [-0.15, -0.1) is 0 Å². The highest BCUT2D eigenvalue weighted by molar-refractivity contribution is 7.08. The van der Waals surface area contributed by atoms with Gasteiger partial charge in [0.2, 0.25) is 5.82 Å². The molecule has 0 saturated heterocycles. The van der Waals surface area contributed by atoms with E-state index in [0.717, 1.165) is 11.1 Å². The molecule has 0 atom stereocenters. The summed E-state index contributed by atoms with van der Waals surface area (Å²) in [7, 11) is 0. The Morgan fingerprint density at radius 3 is 3.00 bits per heavy atom. The van der Waals surface area contributed by atoms with Crippen LogP contribution in [0.4, 0.5) is 5.69 Å². The molecule has 0 amide bonds. The van der Waals surface area contributed by atoms with Crippen LogP contribution in [-0.2, 0) is 6.61 Å². The van der Waals surface area contributed by atoms with E-state index in [1.165, 1.54) is 17.4 Å². The second-order valence-electron chi connectivity index (χ2n) is 4.54. The van der Waals surface area contributed by atoms with Crippen molar-refractivity contribution in [2.45, 2.75) is 13.5 Å². The lowest BCUT2D eigenvalue weighted by atomic mass is 10.2. The Bertz CT molecular complexity index is 798. The van der Waals surface area contributed by atoms with Crippen LogP contribution < -0.4 is 4.74 Å². The van der Waals surface area contributed by atoms with Crippen LogP contribution >= 0.6 is 11.3 Å². The summed E-state index contributed by atoms with van der Waals surface area (Å²) in [5.41, 5.74) is 1.57. The molecule has 0 aliphatic heterocycles. The summed E-state index contributed by atoms with van der Waals surface area (Å²) in [6, 6.07) is 6.64. The number of hydrogen-bond donors (Lipinski definition) is 0. The summed E-state index contributed by atoms with van der Waals surface area (Å²) in [6.45, 7) is 1.75. The third-order valence-corrected chi connectivity index (χ3v) is 3.59. The maximum Gasteiger partial charge on any atom is 0.311 e. The van der Waals surface area contributed by atoms with Crippen LogP contribution in [0.5, 0.6) is 5.75 Å². The normalized spacial score (nSPS) is 10.6. The van der Waals surface area contributed by atoms with Crippen molar-refractivity contribution in [3.8, 4) is 17.1 Å². The minimum atomic E-state index is -0.479. The number of nitro benzene ring substituents is 1. The number of ether oxygens (including phenoxy) is 1. The van der Waals surface area contributed by atoms with Crippen LogP contribution in [0.25, 0.3) is 11.4 Å². The number of benzene rings is 1. The smallest absolute Gasteiger partial charge is 0.311 e. The third kappa shape index (κ3) is 2.96. The second kappa shape index (κ2) is 5.94. The predicted molar refractivity (Wildman–Crippen MR) is 79.8 cm³/mol. The zero-order valence-electron chi connectivity index (χ0n) is 11.6. The van der Waals surface area contributed by atoms with Gasteiger partial charge in [-0.2, -0.15) is 16.3 Å². The molecule has 0 fully saturated rings. The first kappa shape index (κ1) is 14.2. The molecule has 0 radical (unpaired) electrons. The minimum Gasteiger partial charge on any atom is -0.477 e. The summed E-state index contributed by atoms with van der Waals surface area (Å²) in [5.74, 6) is 0.903. The Morgan fingerprint density at radius 2 is 2.27 bits per heavy atom. The van der Waals surface area contributed by atoms with E-state index >= 15 is 0 Å². The molecule has 3 aromatic rings. The maximum absolute atomic E-state index is 11.0. The monoisotopic (exact) mass is 317 g/mol. The first-order valence-electron chi connectivity index (χ1n) is 6.36. The summed E-state index contributed by atoms with van der Waals surface area (Å²) in [4.78, 5) is 14.7. The van der Waals surface area contributed by atoms with Gasteiger partial charge in [-0.25, -0.2) is 0 Å². The lowest BCUT2D eigenvalue weighted by Crippen LogP contribution is -1.99. The molecule has 2 heterocycles. The van der Waals surface area contributed by atoms with Gasteiger partial charge in [0.25, 0.3) is 5.89 Å². The van der Waals surface area contributed by atoms with Crippen LogP contribution in [0.15, 0.2) is 39.5 Å². The van der Waals surface area contributed by atoms with Crippen molar-refractivity contribution in [3.63, 3.8) is 0 Å². The van der Waals surface area contributed by atoms with Gasteiger partial charge < -0.3 is 9.26 Å². The molecule has 0 N–H and O–H groups in total. The average molecular weight is 317 g/mol. The quantitative estimate of drug-likeness (QED) is 0.527. The summed E-state index contributed by atoms with van der Waals surface area (Å²) in [6.07, 6.45) is 0. The summed E-state index contributed by atoms with van der Waals surface area (Å²) in [5, 5.41) is 18.7. The highest BCUT2D eigenvalue weighted by Crippen LogP contribution is 2.28. The van der Waals surface area contributed by atoms with Gasteiger partial charge in [0.05, 0.1) is 4.92 Å². The number of rotatable bonds is 5. The summed E-state index contributed by atoms with van der Waals surface area (Å²) >= 11 is 1.53. The Morgan fingerprint density at radius 1 is 1.41 bits per heavy atom. The van der Waals surface area contributed by atoms with Crippen molar-refractivity contribution in [1.82, 2.24) is 10.1 Å². The SMILES string of the molecule is Cc1ccc(OCc2nc(-c3ccsc3)no2)c([N+](=O)[O-])c1. The molecular weight excluding hydrogens is 306 g/mol. The molecule has 0 aliphatic rings. The molecule has 0 spiro atoms.